The van der Waals surface area contributed by atoms with Crippen LogP contribution in [0.2, 0.25) is 10.0 Å². The van der Waals surface area contributed by atoms with Crippen LogP contribution >= 0.6 is 23.2 Å². The Hall–Kier alpha value is -3.36. The number of halogens is 2. The zero-order chi connectivity index (χ0) is 20.0. The van der Waals surface area contributed by atoms with Gasteiger partial charge in [-0.3, -0.25) is 4.79 Å². The molecule has 1 amide bonds. The molecular formula is C18H11Cl2N5O3. The summed E-state index contributed by atoms with van der Waals surface area (Å²) in [5.74, 6) is -0.756. The predicted octanol–water partition coefficient (Wildman–Crippen LogP) is 2.89. The highest BCUT2D eigenvalue weighted by molar-refractivity contribution is 6.34. The first-order valence-corrected chi connectivity index (χ1v) is 8.68. The molecule has 2 aromatic heterocycles. The highest BCUT2D eigenvalue weighted by Crippen LogP contribution is 2.28. The molecule has 0 saturated heterocycles. The first-order valence-electron chi connectivity index (χ1n) is 7.92. The molecule has 4 rings (SSSR count). The Morgan fingerprint density at radius 3 is 2.64 bits per heavy atom. The lowest BCUT2D eigenvalue weighted by Crippen LogP contribution is -2.15. The number of hydrogen-bond acceptors (Lipinski definition) is 5. The quantitative estimate of drug-likeness (QED) is 0.473. The van der Waals surface area contributed by atoms with Gasteiger partial charge in [0.05, 0.1) is 10.7 Å². The lowest BCUT2D eigenvalue weighted by Gasteiger charge is -2.08. The maximum absolute atomic E-state index is 12.6. The Balaban J connectivity index is 2.10. The van der Waals surface area contributed by atoms with E-state index in [-0.39, 0.29) is 39.1 Å². The van der Waals surface area contributed by atoms with Crippen LogP contribution in [0, 0.1) is 0 Å². The molecular weight excluding hydrogens is 405 g/mol. The van der Waals surface area contributed by atoms with Crippen molar-refractivity contribution in [1.82, 2.24) is 19.5 Å². The number of phenols is 1. The van der Waals surface area contributed by atoms with Crippen molar-refractivity contribution in [2.45, 2.75) is 0 Å². The van der Waals surface area contributed by atoms with Crippen LogP contribution < -0.4 is 11.4 Å². The Labute approximate surface area is 167 Å². The molecule has 0 saturated carbocycles. The summed E-state index contributed by atoms with van der Waals surface area (Å²) in [7, 11) is 0. The number of aromatic hydroxyl groups is 1. The van der Waals surface area contributed by atoms with Crippen molar-refractivity contribution in [3.05, 3.63) is 68.7 Å². The molecule has 8 nitrogen and oxygen atoms in total. The van der Waals surface area contributed by atoms with E-state index in [9.17, 15) is 14.7 Å². The Kier molecular flexibility index (Phi) is 4.29. The van der Waals surface area contributed by atoms with Crippen molar-refractivity contribution >= 4 is 40.3 Å². The summed E-state index contributed by atoms with van der Waals surface area (Å²) in [6, 6.07) is 10.8. The summed E-state index contributed by atoms with van der Waals surface area (Å²) in [5, 5.41) is 10.3. The number of amides is 1. The van der Waals surface area contributed by atoms with Crippen LogP contribution in [0.1, 0.15) is 10.5 Å². The van der Waals surface area contributed by atoms with Gasteiger partial charge in [-0.05, 0) is 30.3 Å². The fraction of sp³-hybridized carbons (Fsp3) is 0. The van der Waals surface area contributed by atoms with E-state index in [4.69, 9.17) is 28.9 Å². The van der Waals surface area contributed by atoms with Gasteiger partial charge < -0.3 is 15.8 Å². The molecule has 0 aliphatic heterocycles. The van der Waals surface area contributed by atoms with Crippen LogP contribution in [0.15, 0.2) is 47.3 Å². The second-order valence-corrected chi connectivity index (χ2v) is 6.71. The SMILES string of the molecule is NC(=O)c1nc(-c2cccc(O)c2)nc2c1[nH]c(=O)n2-c1cc(Cl)ccc1Cl. The molecule has 0 bridgehead atoms. The molecule has 0 spiro atoms. The van der Waals surface area contributed by atoms with Gasteiger partial charge in [-0.15, -0.1) is 0 Å². The minimum Gasteiger partial charge on any atom is -0.508 e. The molecule has 0 radical (unpaired) electrons. The van der Waals surface area contributed by atoms with Gasteiger partial charge in [-0.25, -0.2) is 19.3 Å². The number of nitrogens with zero attached hydrogens (tertiary/aromatic N) is 3. The number of H-pyrrole nitrogens is 1. The van der Waals surface area contributed by atoms with Gasteiger partial charge in [0.2, 0.25) is 0 Å². The number of carbonyl (C=O) groups excluding carboxylic acids is 1. The first kappa shape index (κ1) is 18.0. The number of benzene rings is 2. The number of nitrogens with two attached hydrogens (primary N) is 1. The Morgan fingerprint density at radius 2 is 1.93 bits per heavy atom. The molecule has 2 aromatic carbocycles. The standard InChI is InChI=1S/C18H11Cl2N5O3/c19-9-4-5-11(20)12(7-9)25-17-14(23-18(25)28)13(15(21)27)22-16(24-17)8-2-1-3-10(26)6-8/h1-7,26H,(H2,21,27)(H,23,28). The summed E-state index contributed by atoms with van der Waals surface area (Å²) in [6.07, 6.45) is 0. The van der Waals surface area contributed by atoms with Gasteiger partial charge in [0.15, 0.2) is 17.2 Å². The minimum absolute atomic E-state index is 0.00818. The summed E-state index contributed by atoms with van der Waals surface area (Å²) < 4.78 is 1.18. The Bertz CT molecular complexity index is 1310. The van der Waals surface area contributed by atoms with Crippen molar-refractivity contribution in [3.63, 3.8) is 0 Å². The van der Waals surface area contributed by atoms with E-state index in [2.05, 4.69) is 15.0 Å². The lowest BCUT2D eigenvalue weighted by molar-refractivity contribution is 0.0997. The van der Waals surface area contributed by atoms with Crippen LogP contribution in [-0.4, -0.2) is 30.5 Å². The average Bonchev–Trinajstić information content (AvgIpc) is 2.98. The number of nitrogens with one attached hydrogen (secondary N) is 1. The van der Waals surface area contributed by atoms with Gasteiger partial charge in [-0.1, -0.05) is 35.3 Å². The van der Waals surface area contributed by atoms with E-state index in [1.54, 1.807) is 18.2 Å². The minimum atomic E-state index is -0.848. The van der Waals surface area contributed by atoms with Crippen molar-refractivity contribution in [2.75, 3.05) is 0 Å². The number of primary amides is 1. The summed E-state index contributed by atoms with van der Waals surface area (Å²) in [6.45, 7) is 0. The number of imidazole rings is 1. The third-order valence-electron chi connectivity index (χ3n) is 4.02. The summed E-state index contributed by atoms with van der Waals surface area (Å²) in [4.78, 5) is 35.7. The Morgan fingerprint density at radius 1 is 1.14 bits per heavy atom. The molecule has 28 heavy (non-hydrogen) atoms. The maximum Gasteiger partial charge on any atom is 0.332 e. The van der Waals surface area contributed by atoms with Crippen molar-refractivity contribution < 1.29 is 9.90 Å². The molecule has 4 N–H and O–H groups in total. The van der Waals surface area contributed by atoms with Crippen LogP contribution in [0.4, 0.5) is 0 Å². The van der Waals surface area contributed by atoms with E-state index < -0.39 is 11.6 Å². The molecule has 140 valence electrons. The predicted molar refractivity (Wildman–Crippen MR) is 105 cm³/mol. The highest BCUT2D eigenvalue weighted by atomic mass is 35.5. The lowest BCUT2D eigenvalue weighted by atomic mass is 10.2. The van der Waals surface area contributed by atoms with E-state index >= 15 is 0 Å². The van der Waals surface area contributed by atoms with Crippen LogP contribution in [0.25, 0.3) is 28.2 Å². The number of carbonyl (C=O) groups is 1. The van der Waals surface area contributed by atoms with Crippen LogP contribution in [0.3, 0.4) is 0 Å². The largest absolute Gasteiger partial charge is 0.508 e. The van der Waals surface area contributed by atoms with E-state index in [0.29, 0.717) is 10.6 Å². The third kappa shape index (κ3) is 2.98. The van der Waals surface area contributed by atoms with Gasteiger partial charge in [0, 0.05) is 10.6 Å². The average molecular weight is 416 g/mol. The fourth-order valence-corrected chi connectivity index (χ4v) is 3.19. The molecule has 0 atom stereocenters. The van der Waals surface area contributed by atoms with Crippen LogP contribution in [0.5, 0.6) is 5.75 Å². The monoisotopic (exact) mass is 415 g/mol. The second-order valence-electron chi connectivity index (χ2n) is 5.87. The van der Waals surface area contributed by atoms with Crippen LogP contribution in [-0.2, 0) is 0 Å². The smallest absolute Gasteiger partial charge is 0.332 e. The number of fused-ring (bicyclic) bond motifs is 1. The third-order valence-corrected chi connectivity index (χ3v) is 4.58. The zero-order valence-corrected chi connectivity index (χ0v) is 15.5. The van der Waals surface area contributed by atoms with Crippen molar-refractivity contribution in [3.8, 4) is 22.8 Å². The molecule has 0 aliphatic carbocycles. The number of rotatable bonds is 3. The second kappa shape index (κ2) is 6.66. The molecule has 2 heterocycles. The maximum atomic E-state index is 12.6. The van der Waals surface area contributed by atoms with Crippen molar-refractivity contribution in [2.24, 2.45) is 5.73 Å². The van der Waals surface area contributed by atoms with E-state index in [0.717, 1.165) is 0 Å². The van der Waals surface area contributed by atoms with E-state index in [1.165, 1.54) is 28.8 Å². The summed E-state index contributed by atoms with van der Waals surface area (Å²) in [5.41, 5.74) is 5.56. The fourth-order valence-electron chi connectivity index (χ4n) is 2.82. The summed E-state index contributed by atoms with van der Waals surface area (Å²) >= 11 is 12.3. The molecule has 0 fully saturated rings. The van der Waals surface area contributed by atoms with E-state index in [1.807, 2.05) is 0 Å². The normalized spacial score (nSPS) is 11.1. The topological polar surface area (TPSA) is 127 Å². The molecule has 10 heteroatoms. The zero-order valence-electron chi connectivity index (χ0n) is 14.0. The van der Waals surface area contributed by atoms with Gasteiger partial charge in [-0.2, -0.15) is 0 Å². The van der Waals surface area contributed by atoms with Gasteiger partial charge in [0.25, 0.3) is 5.91 Å². The van der Waals surface area contributed by atoms with Crippen molar-refractivity contribution in [1.29, 1.82) is 0 Å². The van der Waals surface area contributed by atoms with Gasteiger partial charge in [0.1, 0.15) is 11.3 Å². The molecule has 4 aromatic rings. The number of hydrogen-bond donors (Lipinski definition) is 3. The van der Waals surface area contributed by atoms with Gasteiger partial charge >= 0.3 is 5.69 Å². The molecule has 0 unspecified atom stereocenters. The number of phenolic OH excluding ortho intramolecular Hbond substituents is 1. The number of aromatic nitrogens is 4. The number of aromatic amines is 1. The highest BCUT2D eigenvalue weighted by Gasteiger charge is 2.21. The molecule has 0 aliphatic rings. The first-order chi connectivity index (χ1) is 13.3.